The Balaban J connectivity index is 2.66. The molecule has 2 aromatic rings. The number of nitrogen functional groups attached to an aromatic ring is 1. The van der Waals surface area contributed by atoms with Crippen molar-refractivity contribution in [2.24, 2.45) is 0 Å². The molecule has 0 spiro atoms. The molecule has 2 nitrogen and oxygen atoms in total. The lowest BCUT2D eigenvalue weighted by atomic mass is 10.2. The molecular weight excluding hydrogens is 180 g/mol. The minimum absolute atomic E-state index is 0.574. The summed E-state index contributed by atoms with van der Waals surface area (Å²) in [6.45, 7) is 0. The first-order chi connectivity index (χ1) is 6.29. The first-order valence-electron chi connectivity index (χ1n) is 4.00. The molecule has 0 bridgehead atoms. The van der Waals surface area contributed by atoms with Gasteiger partial charge in [0, 0.05) is 10.3 Å². The number of nitrogens with zero attached hydrogens (tertiary/aromatic N) is 1. The van der Waals surface area contributed by atoms with E-state index in [-0.39, 0.29) is 0 Å². The Hall–Kier alpha value is -1.22. The highest BCUT2D eigenvalue weighted by atomic mass is 32.2. The zero-order chi connectivity index (χ0) is 9.26. The van der Waals surface area contributed by atoms with Crippen LogP contribution < -0.4 is 5.73 Å². The molecule has 66 valence electrons. The summed E-state index contributed by atoms with van der Waals surface area (Å²) in [5, 5.41) is 1.14. The van der Waals surface area contributed by atoms with Gasteiger partial charge in [0.1, 0.15) is 5.82 Å². The molecule has 0 aliphatic heterocycles. The van der Waals surface area contributed by atoms with Crippen LogP contribution in [0.5, 0.6) is 0 Å². The zero-order valence-electron chi connectivity index (χ0n) is 7.32. The maximum absolute atomic E-state index is 5.58. The van der Waals surface area contributed by atoms with Crippen molar-refractivity contribution in [3.05, 3.63) is 30.3 Å². The standard InChI is InChI=1S/C10H10N2S/c1-13-8-3-4-9-7(6-8)2-5-10(11)12-9/h2-6H,1H3,(H2,11,12). The summed E-state index contributed by atoms with van der Waals surface area (Å²) in [4.78, 5) is 5.47. The van der Waals surface area contributed by atoms with Crippen molar-refractivity contribution < 1.29 is 0 Å². The second kappa shape index (κ2) is 3.26. The van der Waals surface area contributed by atoms with Gasteiger partial charge in [-0.3, -0.25) is 0 Å². The molecular formula is C10H10N2S. The Bertz CT molecular complexity index is 440. The Morgan fingerprint density at radius 2 is 2.08 bits per heavy atom. The molecule has 0 saturated carbocycles. The molecule has 0 fully saturated rings. The van der Waals surface area contributed by atoms with E-state index >= 15 is 0 Å². The van der Waals surface area contributed by atoms with Crippen LogP contribution in [0.4, 0.5) is 5.82 Å². The van der Waals surface area contributed by atoms with E-state index in [4.69, 9.17) is 5.73 Å². The maximum Gasteiger partial charge on any atom is 0.124 e. The van der Waals surface area contributed by atoms with Crippen LogP contribution in [0, 0.1) is 0 Å². The summed E-state index contributed by atoms with van der Waals surface area (Å²) >= 11 is 1.73. The summed E-state index contributed by atoms with van der Waals surface area (Å²) in [7, 11) is 0. The molecule has 0 aliphatic carbocycles. The lowest BCUT2D eigenvalue weighted by Crippen LogP contribution is -1.89. The van der Waals surface area contributed by atoms with Crippen molar-refractivity contribution in [1.29, 1.82) is 0 Å². The quantitative estimate of drug-likeness (QED) is 0.702. The molecule has 0 atom stereocenters. The van der Waals surface area contributed by atoms with Crippen LogP contribution >= 0.6 is 11.8 Å². The van der Waals surface area contributed by atoms with Crippen molar-refractivity contribution in [3.8, 4) is 0 Å². The predicted octanol–water partition coefficient (Wildman–Crippen LogP) is 2.54. The van der Waals surface area contributed by atoms with Crippen LogP contribution in [0.2, 0.25) is 0 Å². The lowest BCUT2D eigenvalue weighted by molar-refractivity contribution is 1.39. The Morgan fingerprint density at radius 1 is 1.23 bits per heavy atom. The van der Waals surface area contributed by atoms with Gasteiger partial charge in [-0.15, -0.1) is 11.8 Å². The fraction of sp³-hybridized carbons (Fsp3) is 0.100. The molecule has 0 aliphatic rings. The fourth-order valence-electron chi connectivity index (χ4n) is 1.25. The van der Waals surface area contributed by atoms with Crippen LogP contribution in [-0.2, 0) is 0 Å². The average Bonchev–Trinajstić information content (AvgIpc) is 2.17. The van der Waals surface area contributed by atoms with Crippen molar-refractivity contribution >= 4 is 28.5 Å². The van der Waals surface area contributed by atoms with E-state index < -0.39 is 0 Å². The highest BCUT2D eigenvalue weighted by Crippen LogP contribution is 2.21. The molecule has 2 rings (SSSR count). The lowest BCUT2D eigenvalue weighted by Gasteiger charge is -2.00. The third kappa shape index (κ3) is 1.60. The smallest absolute Gasteiger partial charge is 0.124 e. The van der Waals surface area contributed by atoms with Crippen LogP contribution in [0.15, 0.2) is 35.2 Å². The molecule has 3 heteroatoms. The normalized spacial score (nSPS) is 10.5. The van der Waals surface area contributed by atoms with Crippen LogP contribution in [0.25, 0.3) is 10.9 Å². The fourth-order valence-corrected chi connectivity index (χ4v) is 1.70. The van der Waals surface area contributed by atoms with Gasteiger partial charge < -0.3 is 5.73 Å². The van der Waals surface area contributed by atoms with Crippen molar-refractivity contribution in [1.82, 2.24) is 4.98 Å². The summed E-state index contributed by atoms with van der Waals surface area (Å²) in [5.74, 6) is 0.574. The molecule has 1 heterocycles. The maximum atomic E-state index is 5.58. The van der Waals surface area contributed by atoms with Gasteiger partial charge in [0.15, 0.2) is 0 Å². The minimum atomic E-state index is 0.574. The van der Waals surface area contributed by atoms with Gasteiger partial charge in [-0.05, 0) is 36.6 Å². The number of thioether (sulfide) groups is 1. The number of fused-ring (bicyclic) bond motifs is 1. The molecule has 0 unspecified atom stereocenters. The number of rotatable bonds is 1. The van der Waals surface area contributed by atoms with E-state index in [1.54, 1.807) is 11.8 Å². The summed E-state index contributed by atoms with van der Waals surface area (Å²) in [5.41, 5.74) is 6.53. The summed E-state index contributed by atoms with van der Waals surface area (Å²) in [6.07, 6.45) is 2.06. The molecule has 1 aromatic carbocycles. The number of aromatic nitrogens is 1. The van der Waals surface area contributed by atoms with Gasteiger partial charge in [-0.1, -0.05) is 0 Å². The Kier molecular flexibility index (Phi) is 2.10. The second-order valence-electron chi connectivity index (χ2n) is 2.79. The number of nitrogens with two attached hydrogens (primary N) is 1. The highest BCUT2D eigenvalue weighted by molar-refractivity contribution is 7.98. The van der Waals surface area contributed by atoms with Crippen molar-refractivity contribution in [2.45, 2.75) is 4.90 Å². The SMILES string of the molecule is CSc1ccc2nc(N)ccc2c1. The van der Waals surface area contributed by atoms with E-state index in [1.807, 2.05) is 18.2 Å². The number of pyridine rings is 1. The van der Waals surface area contributed by atoms with Gasteiger partial charge in [-0.25, -0.2) is 4.98 Å². The van der Waals surface area contributed by atoms with Crippen LogP contribution in [-0.4, -0.2) is 11.2 Å². The number of anilines is 1. The topological polar surface area (TPSA) is 38.9 Å². The van der Waals surface area contributed by atoms with Gasteiger partial charge in [0.25, 0.3) is 0 Å². The van der Waals surface area contributed by atoms with Crippen LogP contribution in [0.3, 0.4) is 0 Å². The molecule has 0 amide bonds. The van der Waals surface area contributed by atoms with Gasteiger partial charge in [0.05, 0.1) is 5.52 Å². The minimum Gasteiger partial charge on any atom is -0.384 e. The molecule has 13 heavy (non-hydrogen) atoms. The highest BCUT2D eigenvalue weighted by Gasteiger charge is 1.96. The number of hydrogen-bond acceptors (Lipinski definition) is 3. The first kappa shape index (κ1) is 8.38. The molecule has 2 N–H and O–H groups in total. The third-order valence-electron chi connectivity index (χ3n) is 1.92. The van der Waals surface area contributed by atoms with Gasteiger partial charge in [0.2, 0.25) is 0 Å². The van der Waals surface area contributed by atoms with Gasteiger partial charge in [-0.2, -0.15) is 0 Å². The van der Waals surface area contributed by atoms with Gasteiger partial charge >= 0.3 is 0 Å². The van der Waals surface area contributed by atoms with E-state index in [9.17, 15) is 0 Å². The summed E-state index contributed by atoms with van der Waals surface area (Å²) < 4.78 is 0. The third-order valence-corrected chi connectivity index (χ3v) is 2.64. The zero-order valence-corrected chi connectivity index (χ0v) is 8.14. The van der Waals surface area contributed by atoms with E-state index in [0.717, 1.165) is 10.9 Å². The summed E-state index contributed by atoms with van der Waals surface area (Å²) in [6, 6.07) is 9.99. The van der Waals surface area contributed by atoms with E-state index in [2.05, 4.69) is 23.4 Å². The van der Waals surface area contributed by atoms with E-state index in [1.165, 1.54) is 4.90 Å². The molecule has 0 radical (unpaired) electrons. The average molecular weight is 190 g/mol. The van der Waals surface area contributed by atoms with Crippen molar-refractivity contribution in [3.63, 3.8) is 0 Å². The largest absolute Gasteiger partial charge is 0.384 e. The first-order valence-corrected chi connectivity index (χ1v) is 5.22. The Morgan fingerprint density at radius 3 is 2.85 bits per heavy atom. The molecule has 0 saturated heterocycles. The predicted molar refractivity (Wildman–Crippen MR) is 57.9 cm³/mol. The van der Waals surface area contributed by atoms with E-state index in [0.29, 0.717) is 5.82 Å². The van der Waals surface area contributed by atoms with Crippen LogP contribution in [0.1, 0.15) is 0 Å². The van der Waals surface area contributed by atoms with Crippen molar-refractivity contribution in [2.75, 3.05) is 12.0 Å². The molecule has 1 aromatic heterocycles. The Labute approximate surface area is 81.2 Å². The number of benzene rings is 1. The number of hydrogen-bond donors (Lipinski definition) is 1. The monoisotopic (exact) mass is 190 g/mol. The second-order valence-corrected chi connectivity index (χ2v) is 3.67.